The summed E-state index contributed by atoms with van der Waals surface area (Å²) < 4.78 is 5.22. The monoisotopic (exact) mass is 287 g/mol. The van der Waals surface area contributed by atoms with Crippen molar-refractivity contribution in [3.8, 4) is 5.75 Å². The van der Waals surface area contributed by atoms with Gasteiger partial charge in [-0.3, -0.25) is 0 Å². The van der Waals surface area contributed by atoms with Crippen molar-refractivity contribution in [2.45, 2.75) is 25.4 Å². The number of methoxy groups -OCH3 is 1. The lowest BCUT2D eigenvalue weighted by atomic mass is 9.87. The molecule has 0 saturated carbocycles. The van der Waals surface area contributed by atoms with Crippen LogP contribution in [0.1, 0.15) is 29.7 Å². The van der Waals surface area contributed by atoms with E-state index in [0.29, 0.717) is 6.04 Å². The van der Waals surface area contributed by atoms with E-state index in [1.54, 1.807) is 7.11 Å². The number of fused-ring (bicyclic) bond motifs is 1. The third-order valence-corrected chi connectivity index (χ3v) is 4.08. The van der Waals surface area contributed by atoms with Gasteiger partial charge in [0, 0.05) is 11.1 Å². The van der Waals surface area contributed by atoms with Gasteiger partial charge in [-0.25, -0.2) is 0 Å². The van der Waals surface area contributed by atoms with Crippen LogP contribution in [0.4, 0.5) is 0 Å². The van der Waals surface area contributed by atoms with Crippen molar-refractivity contribution >= 4 is 11.6 Å². The first kappa shape index (κ1) is 13.5. The molecule has 2 aromatic rings. The molecule has 1 heterocycles. The topological polar surface area (TPSA) is 21.3 Å². The number of hydrogen-bond donors (Lipinski definition) is 1. The molecule has 0 aliphatic carbocycles. The van der Waals surface area contributed by atoms with Gasteiger partial charge in [-0.1, -0.05) is 29.8 Å². The zero-order valence-electron chi connectivity index (χ0n) is 11.7. The number of halogens is 1. The average Bonchev–Trinajstić information content (AvgIpc) is 2.47. The largest absolute Gasteiger partial charge is 0.497 e. The van der Waals surface area contributed by atoms with Crippen LogP contribution < -0.4 is 10.1 Å². The fourth-order valence-electron chi connectivity index (χ4n) is 2.86. The number of ether oxygens (including phenoxy) is 1. The predicted octanol–water partition coefficient (Wildman–Crippen LogP) is 3.97. The number of rotatable bonds is 2. The van der Waals surface area contributed by atoms with Crippen molar-refractivity contribution < 1.29 is 4.74 Å². The predicted molar refractivity (Wildman–Crippen MR) is 82.6 cm³/mol. The van der Waals surface area contributed by atoms with Crippen LogP contribution in [0.3, 0.4) is 0 Å². The summed E-state index contributed by atoms with van der Waals surface area (Å²) in [5.74, 6) is 0.879. The molecular formula is C17H18ClNO. The molecule has 2 nitrogen and oxygen atoms in total. The van der Waals surface area contributed by atoms with Crippen LogP contribution in [-0.2, 0) is 6.42 Å². The standard InChI is InChI=1S/C17H18ClNO/c1-11-9-13-3-6-14(18)10-16(13)17(19-11)12-4-7-15(20-2)8-5-12/h3-8,10-11,17,19H,9H2,1-2H3. The summed E-state index contributed by atoms with van der Waals surface area (Å²) in [5.41, 5.74) is 3.89. The summed E-state index contributed by atoms with van der Waals surface area (Å²) in [6.07, 6.45) is 1.04. The van der Waals surface area contributed by atoms with Crippen LogP contribution in [0.5, 0.6) is 5.75 Å². The van der Waals surface area contributed by atoms with Crippen LogP contribution in [0.25, 0.3) is 0 Å². The highest BCUT2D eigenvalue weighted by atomic mass is 35.5. The highest BCUT2D eigenvalue weighted by Crippen LogP contribution is 2.33. The number of nitrogens with one attached hydrogen (secondary N) is 1. The van der Waals surface area contributed by atoms with Gasteiger partial charge in [-0.2, -0.15) is 0 Å². The Kier molecular flexibility index (Phi) is 3.68. The molecule has 2 aromatic carbocycles. The summed E-state index contributed by atoms with van der Waals surface area (Å²) in [5, 5.41) is 4.44. The van der Waals surface area contributed by atoms with Gasteiger partial charge >= 0.3 is 0 Å². The lowest BCUT2D eigenvalue weighted by Gasteiger charge is -2.32. The highest BCUT2D eigenvalue weighted by Gasteiger charge is 2.25. The minimum atomic E-state index is 0.193. The first-order chi connectivity index (χ1) is 9.67. The Labute approximate surface area is 124 Å². The number of benzene rings is 2. The molecule has 1 aliphatic heterocycles. The van der Waals surface area contributed by atoms with Gasteiger partial charge in [0.1, 0.15) is 5.75 Å². The molecule has 3 heteroatoms. The van der Waals surface area contributed by atoms with E-state index in [2.05, 4.69) is 36.5 Å². The van der Waals surface area contributed by atoms with Crippen LogP contribution in [0, 0.1) is 0 Å². The van der Waals surface area contributed by atoms with Gasteiger partial charge in [-0.05, 0) is 54.3 Å². The minimum Gasteiger partial charge on any atom is -0.497 e. The quantitative estimate of drug-likeness (QED) is 0.902. The first-order valence-corrected chi connectivity index (χ1v) is 7.23. The zero-order valence-corrected chi connectivity index (χ0v) is 12.4. The Morgan fingerprint density at radius 1 is 1.15 bits per heavy atom. The Morgan fingerprint density at radius 2 is 1.90 bits per heavy atom. The Balaban J connectivity index is 2.02. The molecule has 0 saturated heterocycles. The average molecular weight is 288 g/mol. The summed E-state index contributed by atoms with van der Waals surface area (Å²) in [7, 11) is 1.69. The Bertz CT molecular complexity index is 609. The number of hydrogen-bond acceptors (Lipinski definition) is 2. The smallest absolute Gasteiger partial charge is 0.118 e. The van der Waals surface area contributed by atoms with E-state index in [0.717, 1.165) is 17.2 Å². The maximum atomic E-state index is 6.17. The molecule has 2 atom stereocenters. The van der Waals surface area contributed by atoms with Gasteiger partial charge < -0.3 is 10.1 Å². The first-order valence-electron chi connectivity index (χ1n) is 6.85. The summed E-state index contributed by atoms with van der Waals surface area (Å²) >= 11 is 6.17. The van der Waals surface area contributed by atoms with Gasteiger partial charge in [0.25, 0.3) is 0 Å². The second kappa shape index (κ2) is 5.47. The van der Waals surface area contributed by atoms with Gasteiger partial charge in [-0.15, -0.1) is 0 Å². The Hall–Kier alpha value is -1.51. The molecule has 1 aliphatic rings. The van der Waals surface area contributed by atoms with E-state index in [1.165, 1.54) is 16.7 Å². The van der Waals surface area contributed by atoms with Crippen molar-refractivity contribution in [2.24, 2.45) is 0 Å². The van der Waals surface area contributed by atoms with Gasteiger partial charge in [0.05, 0.1) is 13.2 Å². The summed E-state index contributed by atoms with van der Waals surface area (Å²) in [4.78, 5) is 0. The SMILES string of the molecule is COc1ccc(C2NC(C)Cc3ccc(Cl)cc32)cc1. The lowest BCUT2D eigenvalue weighted by Crippen LogP contribution is -2.37. The molecule has 0 aromatic heterocycles. The van der Waals surface area contributed by atoms with Crippen LogP contribution >= 0.6 is 11.6 Å². The maximum absolute atomic E-state index is 6.17. The second-order valence-electron chi connectivity index (χ2n) is 5.32. The normalized spacial score (nSPS) is 21.4. The molecule has 1 N–H and O–H groups in total. The van der Waals surface area contributed by atoms with Crippen molar-refractivity contribution in [1.82, 2.24) is 5.32 Å². The molecule has 0 amide bonds. The summed E-state index contributed by atoms with van der Waals surface area (Å²) in [6, 6.07) is 15.1. The molecule has 20 heavy (non-hydrogen) atoms. The second-order valence-corrected chi connectivity index (χ2v) is 5.76. The fraction of sp³-hybridized carbons (Fsp3) is 0.294. The van der Waals surface area contributed by atoms with Gasteiger partial charge in [0.15, 0.2) is 0 Å². The van der Waals surface area contributed by atoms with Gasteiger partial charge in [0.2, 0.25) is 0 Å². The van der Waals surface area contributed by atoms with Crippen LogP contribution in [0.2, 0.25) is 5.02 Å². The van der Waals surface area contributed by atoms with E-state index >= 15 is 0 Å². The summed E-state index contributed by atoms with van der Waals surface area (Å²) in [6.45, 7) is 2.22. The molecule has 0 spiro atoms. The molecule has 2 unspecified atom stereocenters. The van der Waals surface area contributed by atoms with E-state index in [1.807, 2.05) is 18.2 Å². The van der Waals surface area contributed by atoms with Crippen molar-refractivity contribution in [2.75, 3.05) is 7.11 Å². The minimum absolute atomic E-state index is 0.193. The van der Waals surface area contributed by atoms with E-state index in [9.17, 15) is 0 Å². The molecule has 0 bridgehead atoms. The molecular weight excluding hydrogens is 270 g/mol. The van der Waals surface area contributed by atoms with E-state index in [-0.39, 0.29) is 6.04 Å². The third kappa shape index (κ3) is 2.54. The Morgan fingerprint density at radius 3 is 2.60 bits per heavy atom. The third-order valence-electron chi connectivity index (χ3n) is 3.85. The zero-order chi connectivity index (χ0) is 14.1. The maximum Gasteiger partial charge on any atom is 0.118 e. The van der Waals surface area contributed by atoms with E-state index < -0.39 is 0 Å². The lowest BCUT2D eigenvalue weighted by molar-refractivity contribution is 0.414. The highest BCUT2D eigenvalue weighted by molar-refractivity contribution is 6.30. The molecule has 3 rings (SSSR count). The van der Waals surface area contributed by atoms with E-state index in [4.69, 9.17) is 16.3 Å². The van der Waals surface area contributed by atoms with Crippen molar-refractivity contribution in [1.29, 1.82) is 0 Å². The molecule has 104 valence electrons. The molecule has 0 fully saturated rings. The van der Waals surface area contributed by atoms with Crippen molar-refractivity contribution in [3.63, 3.8) is 0 Å². The van der Waals surface area contributed by atoms with Crippen LogP contribution in [0.15, 0.2) is 42.5 Å². The van der Waals surface area contributed by atoms with Crippen molar-refractivity contribution in [3.05, 3.63) is 64.2 Å². The molecule has 0 radical (unpaired) electrons. The fourth-order valence-corrected chi connectivity index (χ4v) is 3.04. The van der Waals surface area contributed by atoms with Crippen LogP contribution in [-0.4, -0.2) is 13.2 Å².